The lowest BCUT2D eigenvalue weighted by Gasteiger charge is -2.26. The van der Waals surface area contributed by atoms with Crippen LogP contribution in [0.3, 0.4) is 0 Å². The number of carbonyl (C=O) groups is 1. The molecule has 1 aliphatic rings. The van der Waals surface area contributed by atoms with Crippen LogP contribution in [0, 0.1) is 5.92 Å². The largest absolute Gasteiger partial charge is 0.372 e. The molecule has 0 unspecified atom stereocenters. The molecule has 1 aliphatic heterocycles. The van der Waals surface area contributed by atoms with Gasteiger partial charge in [-0.15, -0.1) is 0 Å². The van der Waals surface area contributed by atoms with E-state index in [4.69, 9.17) is 28.2 Å². The maximum Gasteiger partial charge on any atom is 0.326 e. The third-order valence-electron chi connectivity index (χ3n) is 8.69. The smallest absolute Gasteiger partial charge is 0.326 e. The number of benzene rings is 4. The van der Waals surface area contributed by atoms with Crippen molar-refractivity contribution >= 4 is 50.7 Å². The Labute approximate surface area is 298 Å². The van der Waals surface area contributed by atoms with Gasteiger partial charge in [-0.1, -0.05) is 73.4 Å². The topological polar surface area (TPSA) is 87.5 Å². The Morgan fingerprint density at radius 1 is 0.878 bits per heavy atom. The monoisotopic (exact) mass is 715 g/mol. The highest BCUT2D eigenvalue weighted by Crippen LogP contribution is 2.33. The molecular formula is C38H39Cl2N5O3S. The van der Waals surface area contributed by atoms with Gasteiger partial charge in [-0.2, -0.15) is 8.42 Å². The lowest BCUT2D eigenvalue weighted by atomic mass is 9.96. The van der Waals surface area contributed by atoms with Crippen LogP contribution in [0.25, 0.3) is 28.1 Å². The van der Waals surface area contributed by atoms with Crippen molar-refractivity contribution in [3.63, 3.8) is 0 Å². The van der Waals surface area contributed by atoms with Crippen LogP contribution in [0.1, 0.15) is 44.6 Å². The summed E-state index contributed by atoms with van der Waals surface area (Å²) in [5.74, 6) is 0.781. The molecule has 0 spiro atoms. The van der Waals surface area contributed by atoms with Gasteiger partial charge >= 0.3 is 10.2 Å². The minimum atomic E-state index is -3.91. The molecule has 1 amide bonds. The Balaban J connectivity index is 1.33. The molecule has 0 atom stereocenters. The van der Waals surface area contributed by atoms with Crippen molar-refractivity contribution in [2.45, 2.75) is 40.5 Å². The number of imidazole rings is 1. The number of nitrogens with one attached hydrogen (secondary N) is 1. The van der Waals surface area contributed by atoms with Crippen molar-refractivity contribution in [3.05, 3.63) is 118 Å². The Hall–Kier alpha value is -4.31. The van der Waals surface area contributed by atoms with Gasteiger partial charge in [-0.25, -0.2) is 14.0 Å². The second-order valence-electron chi connectivity index (χ2n) is 12.6. The Bertz CT molecular complexity index is 2090. The van der Waals surface area contributed by atoms with E-state index in [-0.39, 0.29) is 6.54 Å². The maximum atomic E-state index is 12.4. The summed E-state index contributed by atoms with van der Waals surface area (Å²) in [6.45, 7) is 10.6. The van der Waals surface area contributed by atoms with E-state index in [1.165, 1.54) is 16.8 Å². The molecule has 1 N–H and O–H groups in total. The van der Waals surface area contributed by atoms with Crippen LogP contribution in [-0.2, 0) is 27.8 Å². The predicted molar refractivity (Wildman–Crippen MR) is 200 cm³/mol. The van der Waals surface area contributed by atoms with Crippen LogP contribution in [0.15, 0.2) is 91.1 Å². The SMILES string of the molecule is CCN(CC)c1cc(-c2ccc(Cc3nc(-c4ccc(Cl)cc4Cl)cn3-c3ccc(N4CC(=O)NS4(=O)=O)cc3)cc2)ccc1CC(C)C. The maximum absolute atomic E-state index is 12.4. The first kappa shape index (κ1) is 34.5. The van der Waals surface area contributed by atoms with Gasteiger partial charge in [0.2, 0.25) is 0 Å². The number of hydrogen-bond acceptors (Lipinski definition) is 5. The molecule has 0 radical (unpaired) electrons. The molecule has 6 rings (SSSR count). The fraction of sp³-hybridized carbons (Fsp3) is 0.263. The fourth-order valence-electron chi connectivity index (χ4n) is 6.26. The van der Waals surface area contributed by atoms with Gasteiger partial charge in [0.15, 0.2) is 0 Å². The molecule has 0 saturated carbocycles. The number of halogens is 2. The normalized spacial score (nSPS) is 14.0. The van der Waals surface area contributed by atoms with Crippen LogP contribution in [0.5, 0.6) is 0 Å². The molecule has 254 valence electrons. The first-order valence-electron chi connectivity index (χ1n) is 16.4. The van der Waals surface area contributed by atoms with Crippen molar-refractivity contribution in [3.8, 4) is 28.1 Å². The molecule has 49 heavy (non-hydrogen) atoms. The summed E-state index contributed by atoms with van der Waals surface area (Å²) in [5, 5.41) is 1.02. The zero-order valence-electron chi connectivity index (χ0n) is 28.0. The van der Waals surface area contributed by atoms with Crippen molar-refractivity contribution in [2.75, 3.05) is 28.8 Å². The summed E-state index contributed by atoms with van der Waals surface area (Å²) in [5.41, 5.74) is 8.67. The fourth-order valence-corrected chi connectivity index (χ4v) is 7.92. The van der Waals surface area contributed by atoms with Crippen LogP contribution in [0.4, 0.5) is 11.4 Å². The van der Waals surface area contributed by atoms with Crippen LogP contribution in [0.2, 0.25) is 10.0 Å². The zero-order valence-corrected chi connectivity index (χ0v) is 30.3. The highest BCUT2D eigenvalue weighted by Gasteiger charge is 2.34. The molecular weight excluding hydrogens is 677 g/mol. The van der Waals surface area contributed by atoms with E-state index in [0.717, 1.165) is 52.0 Å². The van der Waals surface area contributed by atoms with Crippen LogP contribution >= 0.6 is 23.2 Å². The first-order chi connectivity index (χ1) is 23.4. The molecule has 11 heteroatoms. The Morgan fingerprint density at radius 3 is 2.16 bits per heavy atom. The molecule has 1 aromatic heterocycles. The molecule has 0 aliphatic carbocycles. The predicted octanol–water partition coefficient (Wildman–Crippen LogP) is 8.33. The molecule has 4 aromatic carbocycles. The zero-order chi connectivity index (χ0) is 34.9. The standard InChI is InChI=1S/C38H39Cl2N5O3S/c1-5-43(6-2)36-21-28(11-12-29(36)19-25(3)4)27-9-7-26(8-10-27)20-37-41-35(33-18-13-30(39)22-34(33)40)23-44(37)31-14-16-32(17-15-31)45-24-38(46)42-49(45,47)48/h7-18,21-23,25H,5-6,19-20,24H2,1-4H3,(H,42,46). The summed E-state index contributed by atoms with van der Waals surface area (Å²) in [6, 6.07) is 27.7. The van der Waals surface area contributed by atoms with Crippen molar-refractivity contribution in [1.29, 1.82) is 0 Å². The highest BCUT2D eigenvalue weighted by atomic mass is 35.5. The minimum absolute atomic E-state index is 0.258. The summed E-state index contributed by atoms with van der Waals surface area (Å²) in [4.78, 5) is 19.2. The lowest BCUT2D eigenvalue weighted by molar-refractivity contribution is -0.117. The van der Waals surface area contributed by atoms with E-state index in [0.29, 0.717) is 33.8 Å². The number of amides is 1. The Morgan fingerprint density at radius 2 is 1.55 bits per heavy atom. The molecule has 1 saturated heterocycles. The van der Waals surface area contributed by atoms with Gasteiger partial charge in [0.05, 0.1) is 16.4 Å². The number of nitrogens with zero attached hydrogens (tertiary/aromatic N) is 4. The number of aromatic nitrogens is 2. The second-order valence-corrected chi connectivity index (χ2v) is 15.0. The second kappa shape index (κ2) is 14.3. The summed E-state index contributed by atoms with van der Waals surface area (Å²) < 4.78 is 29.8. The van der Waals surface area contributed by atoms with Gasteiger partial charge in [0.25, 0.3) is 5.91 Å². The molecule has 5 aromatic rings. The number of carbonyl (C=O) groups excluding carboxylic acids is 1. The van der Waals surface area contributed by atoms with E-state index in [9.17, 15) is 13.2 Å². The summed E-state index contributed by atoms with van der Waals surface area (Å²) in [7, 11) is -3.91. The first-order valence-corrected chi connectivity index (χ1v) is 18.6. The van der Waals surface area contributed by atoms with Gasteiger partial charge in [0, 0.05) is 47.7 Å². The van der Waals surface area contributed by atoms with Crippen molar-refractivity contribution in [1.82, 2.24) is 14.3 Å². The minimum Gasteiger partial charge on any atom is -0.372 e. The van der Waals surface area contributed by atoms with Crippen LogP contribution in [-0.4, -0.2) is 43.5 Å². The molecule has 2 heterocycles. The van der Waals surface area contributed by atoms with E-state index >= 15 is 0 Å². The van der Waals surface area contributed by atoms with Gasteiger partial charge in [-0.05, 0) is 97.0 Å². The number of anilines is 2. The van der Waals surface area contributed by atoms with Gasteiger partial charge < -0.3 is 9.47 Å². The quantitative estimate of drug-likeness (QED) is 0.149. The molecule has 0 bridgehead atoms. The number of hydrogen-bond donors (Lipinski definition) is 1. The molecule has 1 fully saturated rings. The van der Waals surface area contributed by atoms with Crippen LogP contribution < -0.4 is 13.9 Å². The third-order valence-corrected chi connectivity index (χ3v) is 10.6. The number of rotatable bonds is 11. The van der Waals surface area contributed by atoms with E-state index in [1.807, 2.05) is 33.7 Å². The summed E-state index contributed by atoms with van der Waals surface area (Å²) in [6.07, 6.45) is 3.49. The molecule has 8 nitrogen and oxygen atoms in total. The highest BCUT2D eigenvalue weighted by molar-refractivity contribution is 7.92. The van der Waals surface area contributed by atoms with Gasteiger partial charge in [-0.3, -0.25) is 4.79 Å². The van der Waals surface area contributed by atoms with E-state index < -0.39 is 16.1 Å². The lowest BCUT2D eigenvalue weighted by Crippen LogP contribution is -2.29. The average molecular weight is 717 g/mol. The van der Waals surface area contributed by atoms with Crippen molar-refractivity contribution in [2.24, 2.45) is 5.92 Å². The summed E-state index contributed by atoms with van der Waals surface area (Å²) >= 11 is 12.8. The Kier molecular flexibility index (Phi) is 10.1. The van der Waals surface area contributed by atoms with Crippen molar-refractivity contribution < 1.29 is 13.2 Å². The van der Waals surface area contributed by atoms with E-state index in [1.54, 1.807) is 24.3 Å². The van der Waals surface area contributed by atoms with Gasteiger partial charge in [0.1, 0.15) is 12.4 Å². The van der Waals surface area contributed by atoms with E-state index in [2.05, 4.69) is 75.1 Å². The average Bonchev–Trinajstić information content (AvgIpc) is 3.60. The third kappa shape index (κ3) is 7.49.